The van der Waals surface area contributed by atoms with Crippen LogP contribution in [0.4, 0.5) is 13.2 Å². The molecule has 1 aliphatic rings. The van der Waals surface area contributed by atoms with Crippen molar-refractivity contribution in [3.8, 4) is 11.5 Å². The fraction of sp³-hybridized carbons (Fsp3) is 0.632. The lowest BCUT2D eigenvalue weighted by Gasteiger charge is -2.39. The number of alkyl halides is 3. The van der Waals surface area contributed by atoms with E-state index in [1.54, 1.807) is 21.3 Å². The van der Waals surface area contributed by atoms with Crippen LogP contribution in [0.1, 0.15) is 12.5 Å². The minimum absolute atomic E-state index is 0.358. The summed E-state index contributed by atoms with van der Waals surface area (Å²) in [5.74, 6) is 2.07. The van der Waals surface area contributed by atoms with Crippen molar-refractivity contribution < 1.29 is 22.6 Å². The quantitative estimate of drug-likeness (QED) is 0.585. The second-order valence-corrected chi connectivity index (χ2v) is 6.65. The Hall–Kier alpha value is -2.16. The van der Waals surface area contributed by atoms with Gasteiger partial charge in [0.2, 0.25) is 0 Å². The maximum absolute atomic E-state index is 12.9. The van der Waals surface area contributed by atoms with Crippen LogP contribution in [0, 0.1) is 0 Å². The number of hydrogen-bond donors (Lipinski definition) is 1. The normalized spacial score (nSPS) is 17.4. The lowest BCUT2D eigenvalue weighted by molar-refractivity contribution is -0.181. The van der Waals surface area contributed by atoms with Gasteiger partial charge in [-0.25, -0.2) is 0 Å². The molecule has 0 aromatic heterocycles. The number of rotatable bonds is 6. The summed E-state index contributed by atoms with van der Waals surface area (Å²) in [6, 6.07) is 4.35. The molecule has 0 spiro atoms. The monoisotopic (exact) mass is 402 g/mol. The van der Waals surface area contributed by atoms with Gasteiger partial charge in [0.05, 0.1) is 14.2 Å². The number of nitrogens with zero attached hydrogens (tertiary/aromatic N) is 3. The van der Waals surface area contributed by atoms with E-state index in [-0.39, 0.29) is 0 Å². The highest BCUT2D eigenvalue weighted by Crippen LogP contribution is 2.27. The minimum Gasteiger partial charge on any atom is -0.493 e. The molecule has 0 aliphatic carbocycles. The fourth-order valence-corrected chi connectivity index (χ4v) is 3.22. The second-order valence-electron chi connectivity index (χ2n) is 6.65. The average Bonchev–Trinajstić information content (AvgIpc) is 2.70. The lowest BCUT2D eigenvalue weighted by atomic mass is 10.1. The molecule has 158 valence electrons. The van der Waals surface area contributed by atoms with Gasteiger partial charge in [0.25, 0.3) is 0 Å². The molecule has 1 unspecified atom stereocenters. The van der Waals surface area contributed by atoms with E-state index in [1.165, 1.54) is 11.8 Å². The van der Waals surface area contributed by atoms with Crippen molar-refractivity contribution >= 4 is 5.96 Å². The zero-order valence-electron chi connectivity index (χ0n) is 16.8. The zero-order valence-corrected chi connectivity index (χ0v) is 16.8. The van der Waals surface area contributed by atoms with Crippen LogP contribution >= 0.6 is 0 Å². The molecule has 0 radical (unpaired) electrons. The summed E-state index contributed by atoms with van der Waals surface area (Å²) in [5.41, 5.74) is 1.09. The van der Waals surface area contributed by atoms with E-state index in [2.05, 4.69) is 10.3 Å². The third-order valence-electron chi connectivity index (χ3n) is 4.99. The first-order chi connectivity index (χ1) is 13.3. The average molecular weight is 402 g/mol. The highest BCUT2D eigenvalue weighted by Gasteiger charge is 2.41. The SMILES string of the molecule is CN=C(NCCc1ccc(OC)c(OC)c1)N1CCN(C(C)C(F)(F)F)CC1. The summed E-state index contributed by atoms with van der Waals surface area (Å²) in [4.78, 5) is 7.73. The summed E-state index contributed by atoms with van der Waals surface area (Å²) in [7, 11) is 4.88. The molecular weight excluding hydrogens is 373 g/mol. The number of methoxy groups -OCH3 is 2. The van der Waals surface area contributed by atoms with E-state index in [9.17, 15) is 13.2 Å². The number of nitrogens with one attached hydrogen (secondary N) is 1. The van der Waals surface area contributed by atoms with Crippen molar-refractivity contribution in [2.24, 2.45) is 4.99 Å². The Morgan fingerprint density at radius 2 is 1.79 bits per heavy atom. The molecule has 9 heteroatoms. The number of hydrogen-bond acceptors (Lipinski definition) is 4. The number of halogens is 3. The van der Waals surface area contributed by atoms with E-state index in [1.807, 2.05) is 23.1 Å². The topological polar surface area (TPSA) is 49.3 Å². The summed E-state index contributed by atoms with van der Waals surface area (Å²) in [6.07, 6.45) is -3.44. The third kappa shape index (κ3) is 5.67. The van der Waals surface area contributed by atoms with E-state index in [0.717, 1.165) is 12.0 Å². The first kappa shape index (κ1) is 22.1. The highest BCUT2D eigenvalue weighted by molar-refractivity contribution is 5.80. The van der Waals surface area contributed by atoms with Gasteiger partial charge in [-0.3, -0.25) is 9.89 Å². The molecule has 28 heavy (non-hydrogen) atoms. The van der Waals surface area contributed by atoms with Gasteiger partial charge < -0.3 is 19.7 Å². The molecule has 1 aromatic rings. The minimum atomic E-state index is -4.19. The molecule has 1 saturated heterocycles. The van der Waals surface area contributed by atoms with Gasteiger partial charge in [0.15, 0.2) is 17.5 Å². The van der Waals surface area contributed by atoms with E-state index in [0.29, 0.717) is 50.2 Å². The molecule has 2 rings (SSSR count). The van der Waals surface area contributed by atoms with Gasteiger partial charge in [0, 0.05) is 39.8 Å². The van der Waals surface area contributed by atoms with Gasteiger partial charge in [-0.2, -0.15) is 13.2 Å². The Kier molecular flexibility index (Phi) is 7.79. The Bertz CT molecular complexity index is 659. The number of aliphatic imine (C=N–C) groups is 1. The van der Waals surface area contributed by atoms with Crippen LogP contribution in [-0.4, -0.2) is 82.0 Å². The fourth-order valence-electron chi connectivity index (χ4n) is 3.22. The molecule has 0 bridgehead atoms. The van der Waals surface area contributed by atoms with Crippen LogP contribution in [0.15, 0.2) is 23.2 Å². The van der Waals surface area contributed by atoms with Crippen LogP contribution in [0.3, 0.4) is 0 Å². The number of guanidine groups is 1. The van der Waals surface area contributed by atoms with Crippen LogP contribution in [-0.2, 0) is 6.42 Å². The molecule has 1 atom stereocenters. The standard InChI is InChI=1S/C19H29F3N4O2/c1-14(19(20,21)22)25-9-11-26(12-10-25)18(23-2)24-8-7-15-5-6-16(27-3)17(13-15)28-4/h5-6,13-14H,7-12H2,1-4H3,(H,23,24). The Labute approximate surface area is 164 Å². The predicted molar refractivity (Wildman–Crippen MR) is 103 cm³/mol. The highest BCUT2D eigenvalue weighted by atomic mass is 19.4. The van der Waals surface area contributed by atoms with E-state index in [4.69, 9.17) is 9.47 Å². The molecule has 6 nitrogen and oxygen atoms in total. The largest absolute Gasteiger partial charge is 0.493 e. The molecule has 0 amide bonds. The number of piperazine rings is 1. The van der Waals surface area contributed by atoms with Crippen LogP contribution in [0.2, 0.25) is 0 Å². The van der Waals surface area contributed by atoms with E-state index < -0.39 is 12.2 Å². The Morgan fingerprint density at radius 1 is 1.14 bits per heavy atom. The molecule has 0 saturated carbocycles. The predicted octanol–water partition coefficient (Wildman–Crippen LogP) is 2.39. The molecule has 1 aromatic carbocycles. The van der Waals surface area contributed by atoms with Crippen LogP contribution < -0.4 is 14.8 Å². The van der Waals surface area contributed by atoms with Crippen molar-refractivity contribution in [1.82, 2.24) is 15.1 Å². The number of benzene rings is 1. The Balaban J connectivity index is 1.84. The van der Waals surface area contributed by atoms with Gasteiger partial charge >= 0.3 is 6.18 Å². The molecular formula is C19H29F3N4O2. The zero-order chi connectivity index (χ0) is 20.7. The summed E-state index contributed by atoms with van der Waals surface area (Å²) in [6.45, 7) is 3.61. The molecule has 1 fully saturated rings. The van der Waals surface area contributed by atoms with Crippen molar-refractivity contribution in [3.05, 3.63) is 23.8 Å². The van der Waals surface area contributed by atoms with Crippen LogP contribution in [0.25, 0.3) is 0 Å². The lowest BCUT2D eigenvalue weighted by Crippen LogP contribution is -2.56. The van der Waals surface area contributed by atoms with Crippen molar-refractivity contribution in [3.63, 3.8) is 0 Å². The molecule has 1 N–H and O–H groups in total. The first-order valence-electron chi connectivity index (χ1n) is 9.27. The smallest absolute Gasteiger partial charge is 0.403 e. The maximum Gasteiger partial charge on any atom is 0.403 e. The number of ether oxygens (including phenoxy) is 2. The van der Waals surface area contributed by atoms with Crippen LogP contribution in [0.5, 0.6) is 11.5 Å². The van der Waals surface area contributed by atoms with Crippen molar-refractivity contribution in [2.75, 3.05) is 54.0 Å². The summed E-state index contributed by atoms with van der Waals surface area (Å²) < 4.78 is 49.2. The summed E-state index contributed by atoms with van der Waals surface area (Å²) >= 11 is 0. The molecule has 1 heterocycles. The molecule has 1 aliphatic heterocycles. The van der Waals surface area contributed by atoms with Gasteiger partial charge in [-0.15, -0.1) is 0 Å². The van der Waals surface area contributed by atoms with Crippen molar-refractivity contribution in [2.45, 2.75) is 25.6 Å². The Morgan fingerprint density at radius 3 is 2.32 bits per heavy atom. The summed E-state index contributed by atoms with van der Waals surface area (Å²) in [5, 5.41) is 3.29. The van der Waals surface area contributed by atoms with Gasteiger partial charge in [0.1, 0.15) is 6.04 Å². The maximum atomic E-state index is 12.9. The second kappa shape index (κ2) is 9.86. The van der Waals surface area contributed by atoms with Gasteiger partial charge in [-0.1, -0.05) is 6.07 Å². The first-order valence-corrected chi connectivity index (χ1v) is 9.27. The third-order valence-corrected chi connectivity index (χ3v) is 4.99. The van der Waals surface area contributed by atoms with Crippen molar-refractivity contribution in [1.29, 1.82) is 0 Å². The van der Waals surface area contributed by atoms with E-state index >= 15 is 0 Å². The van der Waals surface area contributed by atoms with Gasteiger partial charge in [-0.05, 0) is 31.0 Å².